The SMILES string of the molecule is O=C(O)c1c(Cl)cccc1-n1nnnc1C1CCCCC1. The van der Waals surface area contributed by atoms with Gasteiger partial charge in [0.05, 0.1) is 10.7 Å². The van der Waals surface area contributed by atoms with Crippen molar-refractivity contribution in [2.75, 3.05) is 0 Å². The molecule has 0 spiro atoms. The summed E-state index contributed by atoms with van der Waals surface area (Å²) in [5.74, 6) is -0.0884. The standard InChI is InChI=1S/C14H15ClN4O2/c15-10-7-4-8-11(12(10)14(20)21)19-13(16-17-18-19)9-5-2-1-3-6-9/h4,7-9H,1-3,5-6H2,(H,20,21). The van der Waals surface area contributed by atoms with E-state index in [0.717, 1.165) is 31.5 Å². The van der Waals surface area contributed by atoms with Crippen molar-refractivity contribution in [3.8, 4) is 5.69 Å². The molecule has 1 aromatic carbocycles. The number of carboxylic acid groups (broad SMARTS) is 1. The summed E-state index contributed by atoms with van der Waals surface area (Å²) >= 11 is 6.02. The highest BCUT2D eigenvalue weighted by atomic mass is 35.5. The second kappa shape index (κ2) is 5.81. The van der Waals surface area contributed by atoms with Crippen LogP contribution in [-0.2, 0) is 0 Å². The zero-order valence-corrected chi connectivity index (χ0v) is 12.1. The fraction of sp³-hybridized carbons (Fsp3) is 0.429. The van der Waals surface area contributed by atoms with Crippen molar-refractivity contribution in [3.63, 3.8) is 0 Å². The van der Waals surface area contributed by atoms with Crippen molar-refractivity contribution in [3.05, 3.63) is 34.6 Å². The Bertz CT molecular complexity index is 665. The van der Waals surface area contributed by atoms with Gasteiger partial charge in [-0.05, 0) is 35.4 Å². The largest absolute Gasteiger partial charge is 0.478 e. The van der Waals surface area contributed by atoms with Crippen LogP contribution in [0.4, 0.5) is 0 Å². The van der Waals surface area contributed by atoms with Crippen LogP contribution in [0.25, 0.3) is 5.69 Å². The maximum absolute atomic E-state index is 11.5. The highest BCUT2D eigenvalue weighted by Crippen LogP contribution is 2.33. The van der Waals surface area contributed by atoms with Gasteiger partial charge in [0.1, 0.15) is 5.56 Å². The number of halogens is 1. The summed E-state index contributed by atoms with van der Waals surface area (Å²) < 4.78 is 1.52. The maximum atomic E-state index is 11.5. The quantitative estimate of drug-likeness (QED) is 0.942. The molecule has 1 aromatic heterocycles. The third-order valence-corrected chi connectivity index (χ3v) is 4.21. The van der Waals surface area contributed by atoms with Crippen molar-refractivity contribution >= 4 is 17.6 Å². The molecule has 1 aliphatic carbocycles. The predicted molar refractivity (Wildman–Crippen MR) is 76.9 cm³/mol. The molecule has 0 radical (unpaired) electrons. The minimum atomic E-state index is -1.08. The molecule has 1 heterocycles. The van der Waals surface area contributed by atoms with E-state index in [0.29, 0.717) is 5.69 Å². The lowest BCUT2D eigenvalue weighted by atomic mass is 9.88. The third-order valence-electron chi connectivity index (χ3n) is 3.90. The first-order chi connectivity index (χ1) is 10.2. The number of carboxylic acids is 1. The van der Waals surface area contributed by atoms with Crippen LogP contribution in [0.5, 0.6) is 0 Å². The van der Waals surface area contributed by atoms with Crippen molar-refractivity contribution in [1.29, 1.82) is 0 Å². The number of benzene rings is 1. The first-order valence-electron chi connectivity index (χ1n) is 6.99. The molecule has 1 fully saturated rings. The van der Waals surface area contributed by atoms with Gasteiger partial charge in [-0.15, -0.1) is 5.10 Å². The minimum absolute atomic E-state index is 0.0310. The van der Waals surface area contributed by atoms with Gasteiger partial charge >= 0.3 is 5.97 Å². The molecule has 21 heavy (non-hydrogen) atoms. The molecule has 1 N–H and O–H groups in total. The van der Waals surface area contributed by atoms with E-state index in [1.807, 2.05) is 0 Å². The van der Waals surface area contributed by atoms with E-state index in [9.17, 15) is 9.90 Å². The Kier molecular flexibility index (Phi) is 3.88. The second-order valence-corrected chi connectivity index (χ2v) is 5.63. The number of rotatable bonds is 3. The van der Waals surface area contributed by atoms with Gasteiger partial charge in [-0.3, -0.25) is 0 Å². The summed E-state index contributed by atoms with van der Waals surface area (Å²) in [5.41, 5.74) is 0.448. The Morgan fingerprint density at radius 1 is 1.29 bits per heavy atom. The molecule has 3 rings (SSSR count). The summed E-state index contributed by atoms with van der Waals surface area (Å²) in [7, 11) is 0. The van der Waals surface area contributed by atoms with Crippen LogP contribution >= 0.6 is 11.6 Å². The number of aromatic nitrogens is 4. The zero-order chi connectivity index (χ0) is 14.8. The van der Waals surface area contributed by atoms with E-state index in [-0.39, 0.29) is 16.5 Å². The first kappa shape index (κ1) is 14.0. The van der Waals surface area contributed by atoms with Crippen molar-refractivity contribution in [2.45, 2.75) is 38.0 Å². The lowest BCUT2D eigenvalue weighted by Gasteiger charge is -2.20. The van der Waals surface area contributed by atoms with Gasteiger partial charge in [-0.1, -0.05) is 36.9 Å². The van der Waals surface area contributed by atoms with E-state index >= 15 is 0 Å². The summed E-state index contributed by atoms with van der Waals surface area (Å²) in [6, 6.07) is 4.94. The molecular weight excluding hydrogens is 292 g/mol. The van der Waals surface area contributed by atoms with Crippen LogP contribution in [0.1, 0.15) is 54.2 Å². The van der Waals surface area contributed by atoms with Crippen LogP contribution in [0.3, 0.4) is 0 Å². The van der Waals surface area contributed by atoms with Gasteiger partial charge in [-0.2, -0.15) is 4.68 Å². The number of hydrogen-bond donors (Lipinski definition) is 1. The zero-order valence-electron chi connectivity index (χ0n) is 11.4. The van der Waals surface area contributed by atoms with Crippen LogP contribution < -0.4 is 0 Å². The molecule has 7 heteroatoms. The number of aromatic carboxylic acids is 1. The number of carbonyl (C=O) groups is 1. The molecule has 0 saturated heterocycles. The normalized spacial score (nSPS) is 16.0. The molecule has 2 aromatic rings. The van der Waals surface area contributed by atoms with Crippen LogP contribution in [0, 0.1) is 0 Å². The third kappa shape index (κ3) is 2.63. The molecular formula is C14H15ClN4O2. The topological polar surface area (TPSA) is 80.9 Å². The average molecular weight is 307 g/mol. The maximum Gasteiger partial charge on any atom is 0.339 e. The highest BCUT2D eigenvalue weighted by Gasteiger charge is 2.25. The van der Waals surface area contributed by atoms with E-state index < -0.39 is 5.97 Å². The van der Waals surface area contributed by atoms with Crippen molar-refractivity contribution in [1.82, 2.24) is 20.2 Å². The van der Waals surface area contributed by atoms with Gasteiger partial charge in [0.25, 0.3) is 0 Å². The summed E-state index contributed by atoms with van der Waals surface area (Å²) in [6.45, 7) is 0. The van der Waals surface area contributed by atoms with Crippen molar-refractivity contribution < 1.29 is 9.90 Å². The van der Waals surface area contributed by atoms with Gasteiger partial charge < -0.3 is 5.11 Å². The number of tetrazole rings is 1. The molecule has 0 atom stereocenters. The summed E-state index contributed by atoms with van der Waals surface area (Å²) in [5, 5.41) is 21.4. The second-order valence-electron chi connectivity index (χ2n) is 5.22. The lowest BCUT2D eigenvalue weighted by molar-refractivity contribution is 0.0697. The number of nitrogens with zero attached hydrogens (tertiary/aromatic N) is 4. The Balaban J connectivity index is 2.08. The first-order valence-corrected chi connectivity index (χ1v) is 7.36. The fourth-order valence-electron chi connectivity index (χ4n) is 2.88. The van der Waals surface area contributed by atoms with Crippen LogP contribution in [-0.4, -0.2) is 31.3 Å². The molecule has 0 amide bonds. The van der Waals surface area contributed by atoms with E-state index in [4.69, 9.17) is 11.6 Å². The monoisotopic (exact) mass is 306 g/mol. The summed E-state index contributed by atoms with van der Waals surface area (Å²) in [6.07, 6.45) is 5.60. The van der Waals surface area contributed by atoms with Crippen LogP contribution in [0.2, 0.25) is 5.02 Å². The number of hydrogen-bond acceptors (Lipinski definition) is 4. The highest BCUT2D eigenvalue weighted by molar-refractivity contribution is 6.34. The summed E-state index contributed by atoms with van der Waals surface area (Å²) in [4.78, 5) is 11.5. The van der Waals surface area contributed by atoms with Gasteiger partial charge in [-0.25, -0.2) is 4.79 Å². The fourth-order valence-corrected chi connectivity index (χ4v) is 3.13. The molecule has 0 aliphatic heterocycles. The van der Waals surface area contributed by atoms with Crippen LogP contribution in [0.15, 0.2) is 18.2 Å². The molecule has 1 saturated carbocycles. The lowest BCUT2D eigenvalue weighted by Crippen LogP contribution is -2.15. The molecule has 0 unspecified atom stereocenters. The Morgan fingerprint density at radius 2 is 2.05 bits per heavy atom. The van der Waals surface area contributed by atoms with E-state index in [1.54, 1.807) is 18.2 Å². The smallest absolute Gasteiger partial charge is 0.339 e. The van der Waals surface area contributed by atoms with E-state index in [1.165, 1.54) is 11.1 Å². The molecule has 1 aliphatic rings. The van der Waals surface area contributed by atoms with E-state index in [2.05, 4.69) is 15.5 Å². The molecule has 0 bridgehead atoms. The Hall–Kier alpha value is -1.95. The molecule has 6 nitrogen and oxygen atoms in total. The Morgan fingerprint density at radius 3 is 2.76 bits per heavy atom. The average Bonchev–Trinajstić information content (AvgIpc) is 2.96. The van der Waals surface area contributed by atoms with Gasteiger partial charge in [0.15, 0.2) is 5.82 Å². The van der Waals surface area contributed by atoms with Crippen molar-refractivity contribution in [2.24, 2.45) is 0 Å². The van der Waals surface area contributed by atoms with Gasteiger partial charge in [0.2, 0.25) is 0 Å². The molecule has 110 valence electrons. The predicted octanol–water partition coefficient (Wildman–Crippen LogP) is 3.06. The van der Waals surface area contributed by atoms with Gasteiger partial charge in [0, 0.05) is 5.92 Å². The minimum Gasteiger partial charge on any atom is -0.478 e. The Labute approximate surface area is 126 Å².